The average Bonchev–Trinajstić information content (AvgIpc) is 2.29. The zero-order chi connectivity index (χ0) is 12.8. The van der Waals surface area contributed by atoms with Crippen molar-refractivity contribution in [2.75, 3.05) is 18.8 Å². The highest BCUT2D eigenvalue weighted by Gasteiger charge is 2.16. The van der Waals surface area contributed by atoms with Crippen LogP contribution in [0.1, 0.15) is 37.0 Å². The van der Waals surface area contributed by atoms with Crippen molar-refractivity contribution in [1.82, 2.24) is 4.90 Å². The molecular weight excluding hydrogens is 219 g/mol. The van der Waals surface area contributed by atoms with Crippen LogP contribution in [0.25, 0.3) is 0 Å². The number of anilines is 1. The quantitative estimate of drug-likeness (QED) is 0.802. The molecule has 2 N–H and O–H groups in total. The topological polar surface area (TPSA) is 46.3 Å². The molecule has 0 spiro atoms. The van der Waals surface area contributed by atoms with E-state index in [1.807, 2.05) is 6.92 Å². The molecule has 1 aromatic rings. The molecule has 94 valence electrons. The summed E-state index contributed by atoms with van der Waals surface area (Å²) in [6.07, 6.45) is 1.99. The number of amides is 1. The molecule has 0 aliphatic carbocycles. The van der Waals surface area contributed by atoms with Gasteiger partial charge in [0.25, 0.3) is 5.91 Å². The van der Waals surface area contributed by atoms with Gasteiger partial charge in [0.05, 0.1) is 5.56 Å². The van der Waals surface area contributed by atoms with Gasteiger partial charge in [-0.25, -0.2) is 4.39 Å². The van der Waals surface area contributed by atoms with E-state index in [4.69, 9.17) is 5.73 Å². The maximum absolute atomic E-state index is 12.9. The molecule has 3 nitrogen and oxygen atoms in total. The number of carbonyl (C=O) groups is 1. The fraction of sp³-hybridized carbons (Fsp3) is 0.462. The van der Waals surface area contributed by atoms with Crippen molar-refractivity contribution in [3.05, 3.63) is 29.6 Å². The Balaban J connectivity index is 2.86. The van der Waals surface area contributed by atoms with Crippen LogP contribution in [0.4, 0.5) is 10.1 Å². The molecule has 0 aliphatic rings. The number of hydrogen-bond acceptors (Lipinski definition) is 2. The lowest BCUT2D eigenvalue weighted by Gasteiger charge is -2.21. The Morgan fingerprint density at radius 1 is 1.41 bits per heavy atom. The molecule has 0 saturated carbocycles. The van der Waals surface area contributed by atoms with Gasteiger partial charge in [0.1, 0.15) is 5.82 Å². The van der Waals surface area contributed by atoms with Crippen LogP contribution in [-0.4, -0.2) is 23.9 Å². The Kier molecular flexibility index (Phi) is 4.94. The van der Waals surface area contributed by atoms with Crippen molar-refractivity contribution in [1.29, 1.82) is 0 Å². The lowest BCUT2D eigenvalue weighted by molar-refractivity contribution is 0.0763. The van der Waals surface area contributed by atoms with Gasteiger partial charge < -0.3 is 10.6 Å². The Morgan fingerprint density at radius 3 is 2.65 bits per heavy atom. The highest BCUT2D eigenvalue weighted by Crippen LogP contribution is 2.16. The van der Waals surface area contributed by atoms with Gasteiger partial charge in [-0.2, -0.15) is 0 Å². The second-order valence-corrected chi connectivity index (χ2v) is 3.97. The highest BCUT2D eigenvalue weighted by atomic mass is 19.1. The smallest absolute Gasteiger partial charge is 0.255 e. The molecular formula is C13H19FN2O. The van der Waals surface area contributed by atoms with Crippen molar-refractivity contribution in [3.63, 3.8) is 0 Å². The normalized spacial score (nSPS) is 10.3. The van der Waals surface area contributed by atoms with E-state index >= 15 is 0 Å². The number of nitrogens with zero attached hydrogens (tertiary/aromatic N) is 1. The van der Waals surface area contributed by atoms with Crippen LogP contribution in [-0.2, 0) is 0 Å². The maximum Gasteiger partial charge on any atom is 0.255 e. The number of nitrogen functional groups attached to an aromatic ring is 1. The molecule has 0 fully saturated rings. The van der Waals surface area contributed by atoms with Crippen LogP contribution in [0.15, 0.2) is 18.2 Å². The van der Waals surface area contributed by atoms with Crippen molar-refractivity contribution in [2.45, 2.75) is 26.7 Å². The molecule has 0 heterocycles. The van der Waals surface area contributed by atoms with Crippen LogP contribution in [0.5, 0.6) is 0 Å². The van der Waals surface area contributed by atoms with Crippen LogP contribution < -0.4 is 5.73 Å². The number of halogens is 1. The average molecular weight is 238 g/mol. The number of unbranched alkanes of at least 4 members (excludes halogenated alkanes) is 1. The predicted octanol–water partition coefficient (Wildman–Crippen LogP) is 2.67. The van der Waals surface area contributed by atoms with E-state index < -0.39 is 5.82 Å². The SMILES string of the molecule is CCCCN(CC)C(=O)c1ccc(F)cc1N. The van der Waals surface area contributed by atoms with Gasteiger partial charge in [-0.1, -0.05) is 13.3 Å². The third-order valence-electron chi connectivity index (χ3n) is 2.69. The molecule has 1 amide bonds. The molecule has 0 radical (unpaired) electrons. The number of carbonyl (C=O) groups excluding carboxylic acids is 1. The third-order valence-corrected chi connectivity index (χ3v) is 2.69. The lowest BCUT2D eigenvalue weighted by Crippen LogP contribution is -2.32. The van der Waals surface area contributed by atoms with Gasteiger partial charge in [0.15, 0.2) is 0 Å². The Morgan fingerprint density at radius 2 is 2.12 bits per heavy atom. The van der Waals surface area contributed by atoms with Crippen molar-refractivity contribution >= 4 is 11.6 Å². The first-order valence-electron chi connectivity index (χ1n) is 5.94. The first-order valence-corrected chi connectivity index (χ1v) is 5.94. The highest BCUT2D eigenvalue weighted by molar-refractivity contribution is 5.99. The fourth-order valence-electron chi connectivity index (χ4n) is 1.65. The van der Waals surface area contributed by atoms with E-state index in [0.29, 0.717) is 18.7 Å². The minimum atomic E-state index is -0.421. The maximum atomic E-state index is 12.9. The monoisotopic (exact) mass is 238 g/mol. The third kappa shape index (κ3) is 3.44. The van der Waals surface area contributed by atoms with E-state index in [1.54, 1.807) is 4.90 Å². The summed E-state index contributed by atoms with van der Waals surface area (Å²) in [7, 11) is 0. The number of hydrogen-bond donors (Lipinski definition) is 1. The Labute approximate surface area is 101 Å². The number of nitrogens with two attached hydrogens (primary N) is 1. The van der Waals surface area contributed by atoms with Gasteiger partial charge in [0.2, 0.25) is 0 Å². The number of benzene rings is 1. The number of rotatable bonds is 5. The summed E-state index contributed by atoms with van der Waals surface area (Å²) in [6.45, 7) is 5.34. The van der Waals surface area contributed by atoms with Crippen molar-refractivity contribution in [2.24, 2.45) is 0 Å². The first kappa shape index (κ1) is 13.5. The van der Waals surface area contributed by atoms with Gasteiger partial charge in [0, 0.05) is 18.8 Å². The lowest BCUT2D eigenvalue weighted by atomic mass is 10.1. The van der Waals surface area contributed by atoms with Gasteiger partial charge in [-0.05, 0) is 31.5 Å². The second kappa shape index (κ2) is 6.23. The zero-order valence-corrected chi connectivity index (χ0v) is 10.4. The zero-order valence-electron chi connectivity index (χ0n) is 10.4. The molecule has 0 aliphatic heterocycles. The van der Waals surface area contributed by atoms with Crippen molar-refractivity contribution < 1.29 is 9.18 Å². The minimum absolute atomic E-state index is 0.126. The molecule has 0 unspecified atom stereocenters. The minimum Gasteiger partial charge on any atom is -0.398 e. The predicted molar refractivity (Wildman–Crippen MR) is 67.3 cm³/mol. The van der Waals surface area contributed by atoms with Crippen LogP contribution in [0, 0.1) is 5.82 Å². The van der Waals surface area contributed by atoms with E-state index in [0.717, 1.165) is 12.8 Å². The summed E-state index contributed by atoms with van der Waals surface area (Å²) in [5.74, 6) is -0.547. The van der Waals surface area contributed by atoms with Gasteiger partial charge in [-0.15, -0.1) is 0 Å². The van der Waals surface area contributed by atoms with Crippen LogP contribution in [0.3, 0.4) is 0 Å². The molecule has 17 heavy (non-hydrogen) atoms. The van der Waals surface area contributed by atoms with Gasteiger partial charge >= 0.3 is 0 Å². The van der Waals surface area contributed by atoms with E-state index in [2.05, 4.69) is 6.92 Å². The molecule has 1 rings (SSSR count). The summed E-state index contributed by atoms with van der Waals surface area (Å²) in [5, 5.41) is 0. The Hall–Kier alpha value is -1.58. The first-order chi connectivity index (χ1) is 8.10. The largest absolute Gasteiger partial charge is 0.398 e. The van der Waals surface area contributed by atoms with Crippen molar-refractivity contribution in [3.8, 4) is 0 Å². The van der Waals surface area contributed by atoms with E-state index in [9.17, 15) is 9.18 Å². The van der Waals surface area contributed by atoms with Crippen LogP contribution >= 0.6 is 0 Å². The summed E-state index contributed by atoms with van der Waals surface area (Å²) in [6, 6.07) is 3.89. The Bertz CT molecular complexity index is 393. The second-order valence-electron chi connectivity index (χ2n) is 3.97. The summed E-state index contributed by atoms with van der Waals surface area (Å²) >= 11 is 0. The summed E-state index contributed by atoms with van der Waals surface area (Å²) in [5.41, 5.74) is 6.23. The van der Waals surface area contributed by atoms with Crippen LogP contribution in [0.2, 0.25) is 0 Å². The van der Waals surface area contributed by atoms with Gasteiger partial charge in [-0.3, -0.25) is 4.79 Å². The summed E-state index contributed by atoms with van der Waals surface area (Å²) in [4.78, 5) is 13.9. The molecule has 0 saturated heterocycles. The molecule has 1 aromatic carbocycles. The summed E-state index contributed by atoms with van der Waals surface area (Å²) < 4.78 is 12.9. The molecule has 4 heteroatoms. The van der Waals surface area contributed by atoms with E-state index in [-0.39, 0.29) is 11.6 Å². The van der Waals surface area contributed by atoms with E-state index in [1.165, 1.54) is 18.2 Å². The fourth-order valence-corrected chi connectivity index (χ4v) is 1.65. The molecule has 0 bridgehead atoms. The molecule has 0 aromatic heterocycles. The molecule has 0 atom stereocenters. The standard InChI is InChI=1S/C13H19FN2O/c1-3-5-8-16(4-2)13(17)11-7-6-10(14)9-12(11)15/h6-7,9H,3-5,8,15H2,1-2H3.